The summed E-state index contributed by atoms with van der Waals surface area (Å²) >= 11 is 0. The summed E-state index contributed by atoms with van der Waals surface area (Å²) in [6.07, 6.45) is 3.30. The number of carboxylic acid groups (broad SMARTS) is 1. The molecule has 3 aromatic rings. The van der Waals surface area contributed by atoms with Crippen molar-refractivity contribution in [2.24, 2.45) is 11.7 Å². The lowest BCUT2D eigenvalue weighted by molar-refractivity contribution is -0.126. The molecule has 15 nitrogen and oxygen atoms in total. The molecule has 0 aliphatic carbocycles. The van der Waals surface area contributed by atoms with Gasteiger partial charge in [-0.1, -0.05) is 44.2 Å². The van der Waals surface area contributed by atoms with Crippen molar-refractivity contribution in [1.29, 1.82) is 0 Å². The molecule has 0 spiro atoms. The highest BCUT2D eigenvalue weighted by molar-refractivity contribution is 5.97. The average molecular weight is 624 g/mol. The third-order valence-corrected chi connectivity index (χ3v) is 7.35. The summed E-state index contributed by atoms with van der Waals surface area (Å²) in [5.41, 5.74) is 7.04. The van der Waals surface area contributed by atoms with Gasteiger partial charge in [-0.15, -0.1) is 0 Å². The second-order valence-corrected chi connectivity index (χ2v) is 11.4. The number of hydrogen-bond donors (Lipinski definition) is 5. The van der Waals surface area contributed by atoms with Gasteiger partial charge < -0.3 is 40.5 Å². The summed E-state index contributed by atoms with van der Waals surface area (Å²) in [7, 11) is 0. The Morgan fingerprint density at radius 1 is 0.978 bits per heavy atom. The maximum Gasteiger partial charge on any atom is 0.290 e. The Morgan fingerprint density at radius 2 is 1.62 bits per heavy atom. The second kappa shape index (κ2) is 14.6. The topological polar surface area (TPSA) is 223 Å². The predicted octanol–water partition coefficient (Wildman–Crippen LogP) is 1.34. The molecule has 4 heterocycles. The Bertz CT molecular complexity index is 1500. The van der Waals surface area contributed by atoms with Gasteiger partial charge in [0.2, 0.25) is 23.6 Å². The van der Waals surface area contributed by atoms with Crippen LogP contribution in [0.2, 0.25) is 0 Å². The van der Waals surface area contributed by atoms with E-state index in [-0.39, 0.29) is 48.5 Å². The highest BCUT2D eigenvalue weighted by Gasteiger charge is 2.41. The van der Waals surface area contributed by atoms with E-state index in [1.165, 1.54) is 17.4 Å². The molecule has 0 saturated carbocycles. The molecule has 0 radical (unpaired) electrons. The van der Waals surface area contributed by atoms with E-state index in [1.807, 2.05) is 44.2 Å². The van der Waals surface area contributed by atoms with Crippen LogP contribution in [0.5, 0.6) is 0 Å². The molecule has 2 aliphatic heterocycles. The number of hydrogen-bond acceptors (Lipinski definition) is 10. The monoisotopic (exact) mass is 623 g/mol. The Balaban J connectivity index is 0.00000148. The molecule has 1 saturated heterocycles. The minimum atomic E-state index is -0.887. The second-order valence-electron chi connectivity index (χ2n) is 11.4. The molecular weight excluding hydrogens is 586 g/mol. The average Bonchev–Trinajstić information content (AvgIpc) is 3.76. The van der Waals surface area contributed by atoms with Gasteiger partial charge in [-0.05, 0) is 31.2 Å². The van der Waals surface area contributed by atoms with Gasteiger partial charge in [-0.2, -0.15) is 0 Å². The minimum absolute atomic E-state index is 0.00988. The van der Waals surface area contributed by atoms with E-state index in [2.05, 4.69) is 25.9 Å². The van der Waals surface area contributed by atoms with Crippen LogP contribution in [0.1, 0.15) is 84.0 Å². The molecule has 1 fully saturated rings. The Morgan fingerprint density at radius 3 is 2.31 bits per heavy atom. The van der Waals surface area contributed by atoms with E-state index < -0.39 is 53.8 Å². The van der Waals surface area contributed by atoms with Crippen molar-refractivity contribution in [2.45, 2.75) is 70.2 Å². The van der Waals surface area contributed by atoms with Crippen molar-refractivity contribution in [2.75, 3.05) is 6.54 Å². The van der Waals surface area contributed by atoms with Gasteiger partial charge >= 0.3 is 0 Å². The number of carbonyl (C=O) groups is 5. The Hall–Kier alpha value is -5.05. The van der Waals surface area contributed by atoms with Crippen LogP contribution in [0.4, 0.5) is 0 Å². The van der Waals surface area contributed by atoms with Crippen LogP contribution in [0.3, 0.4) is 0 Å². The van der Waals surface area contributed by atoms with Crippen LogP contribution in [0, 0.1) is 5.92 Å². The Kier molecular flexibility index (Phi) is 10.7. The quantitative estimate of drug-likeness (QED) is 0.261. The summed E-state index contributed by atoms with van der Waals surface area (Å²) in [6, 6.07) is 5.75. The number of oxazole rings is 2. The minimum Gasteiger partial charge on any atom is -0.483 e. The number of nitrogens with zero attached hydrogens (tertiary/aromatic N) is 3. The van der Waals surface area contributed by atoms with Gasteiger partial charge in [0.25, 0.3) is 18.3 Å². The van der Waals surface area contributed by atoms with Gasteiger partial charge in [0.15, 0.2) is 11.4 Å². The first kappa shape index (κ1) is 32.9. The molecular formula is C30H37N7O8. The molecule has 6 N–H and O–H groups in total. The van der Waals surface area contributed by atoms with Crippen molar-refractivity contribution < 1.29 is 37.9 Å². The first-order valence-electron chi connectivity index (χ1n) is 14.5. The smallest absolute Gasteiger partial charge is 0.290 e. The van der Waals surface area contributed by atoms with Crippen LogP contribution >= 0.6 is 0 Å². The van der Waals surface area contributed by atoms with Crippen molar-refractivity contribution in [1.82, 2.24) is 30.8 Å². The number of nitrogens with two attached hydrogens (primary N) is 1. The van der Waals surface area contributed by atoms with Crippen LogP contribution in [-0.4, -0.2) is 74.7 Å². The summed E-state index contributed by atoms with van der Waals surface area (Å²) in [6.45, 7) is 5.42. The number of rotatable bonds is 4. The van der Waals surface area contributed by atoms with Crippen molar-refractivity contribution in [3.05, 3.63) is 71.6 Å². The molecule has 2 aliphatic rings. The van der Waals surface area contributed by atoms with Gasteiger partial charge in [-0.25, -0.2) is 9.97 Å². The molecule has 4 amide bonds. The molecule has 240 valence electrons. The molecule has 1 aromatic carbocycles. The van der Waals surface area contributed by atoms with Crippen molar-refractivity contribution >= 4 is 30.1 Å². The fraction of sp³-hybridized carbons (Fsp3) is 0.433. The first-order chi connectivity index (χ1) is 21.5. The normalized spacial score (nSPS) is 23.9. The van der Waals surface area contributed by atoms with Crippen LogP contribution in [0.25, 0.3) is 0 Å². The van der Waals surface area contributed by atoms with Crippen LogP contribution < -0.4 is 21.7 Å². The van der Waals surface area contributed by atoms with Gasteiger partial charge in [0.1, 0.15) is 36.7 Å². The first-order valence-corrected chi connectivity index (χ1v) is 14.5. The van der Waals surface area contributed by atoms with E-state index in [1.54, 1.807) is 6.92 Å². The maximum absolute atomic E-state index is 13.7. The van der Waals surface area contributed by atoms with Crippen molar-refractivity contribution in [3.8, 4) is 0 Å². The van der Waals surface area contributed by atoms with E-state index >= 15 is 0 Å². The molecule has 2 aromatic heterocycles. The highest BCUT2D eigenvalue weighted by atomic mass is 16.4. The number of aromatic nitrogens is 2. The van der Waals surface area contributed by atoms with Gasteiger partial charge in [0, 0.05) is 19.0 Å². The number of fused-ring (bicyclic) bond motifs is 5. The number of carbonyl (C=O) groups excluding carboxylic acids is 4. The summed E-state index contributed by atoms with van der Waals surface area (Å²) < 4.78 is 11.2. The lowest BCUT2D eigenvalue weighted by atomic mass is 10.0. The van der Waals surface area contributed by atoms with E-state index in [0.717, 1.165) is 5.56 Å². The van der Waals surface area contributed by atoms with E-state index in [4.69, 9.17) is 24.5 Å². The summed E-state index contributed by atoms with van der Waals surface area (Å²) in [5.74, 6) is -1.70. The number of benzene rings is 1. The zero-order valence-electron chi connectivity index (χ0n) is 25.1. The van der Waals surface area contributed by atoms with Gasteiger partial charge in [-0.3, -0.25) is 24.0 Å². The molecule has 0 unspecified atom stereocenters. The Labute approximate surface area is 258 Å². The molecule has 5 rings (SSSR count). The van der Waals surface area contributed by atoms with Crippen LogP contribution in [-0.2, 0) is 20.8 Å². The zero-order chi connectivity index (χ0) is 32.7. The molecule has 5 atom stereocenters. The summed E-state index contributed by atoms with van der Waals surface area (Å²) in [4.78, 5) is 72.0. The van der Waals surface area contributed by atoms with Crippen molar-refractivity contribution in [3.63, 3.8) is 0 Å². The third-order valence-electron chi connectivity index (χ3n) is 7.35. The lowest BCUT2D eigenvalue weighted by Crippen LogP contribution is -2.48. The highest BCUT2D eigenvalue weighted by Crippen LogP contribution is 2.24. The molecule has 45 heavy (non-hydrogen) atoms. The third kappa shape index (κ3) is 8.12. The van der Waals surface area contributed by atoms with Gasteiger partial charge in [0.05, 0.1) is 0 Å². The summed E-state index contributed by atoms with van der Waals surface area (Å²) in [5, 5.41) is 15.4. The molecule has 4 bridgehead atoms. The SMILES string of the molecule is CC(C)C[C@H]1NC(=O)c2coc(n2)[C@H](Cc2ccccc2)NC(=O)[C@@H]2C[C@H](N)CN2C(=O)c2coc(n2)[C@@H](C)NC1=O.O=CO. The number of amides is 4. The zero-order valence-corrected chi connectivity index (χ0v) is 25.1. The largest absolute Gasteiger partial charge is 0.483 e. The maximum atomic E-state index is 13.7. The van der Waals surface area contributed by atoms with Crippen LogP contribution in [0.15, 0.2) is 51.7 Å². The molecule has 15 heteroatoms. The standard InChI is InChI=1S/C29H35N7O6.CH2O2/c1-15(2)9-19-24(37)31-16(3)27-35-22(14-41-27)29(40)36-12-18(30)11-23(36)26(39)33-20(10-17-7-5-4-6-8-17)28-34-21(13-42-28)25(38)32-19;2-1-3/h4-8,13-16,18-20,23H,9-12,30H2,1-3H3,(H,31,37)(H,32,38)(H,33,39);1H,(H,2,3)/t16-,18+,19-,20+,23+;/m1./s1. The fourth-order valence-corrected chi connectivity index (χ4v) is 5.25. The fourth-order valence-electron chi connectivity index (χ4n) is 5.25. The lowest BCUT2D eigenvalue weighted by Gasteiger charge is -2.25. The van der Waals surface area contributed by atoms with E-state index in [0.29, 0.717) is 12.8 Å². The van der Waals surface area contributed by atoms with E-state index in [9.17, 15) is 19.2 Å². The predicted molar refractivity (Wildman–Crippen MR) is 157 cm³/mol. The number of nitrogens with one attached hydrogen (secondary N) is 3.